The van der Waals surface area contributed by atoms with Crippen LogP contribution in [0.15, 0.2) is 146 Å². The molecule has 1 atom stereocenters. The normalized spacial score (nSPS) is 16.9. The first-order valence-corrected chi connectivity index (χ1v) is 19.4. The molecule has 1 aromatic heterocycles. The number of rotatable bonds is 4. The summed E-state index contributed by atoms with van der Waals surface area (Å²) in [5.74, 6) is 0. The SMILES string of the molecule is CN1[CH-]N(c2[c-]c(C3(c4ccccc4)c4[c-]c(N5[CH-]N(C)c6ccccc65)ccc4-n4c5ccc(C(C)(C)C)cc5c5cccc3c54)ccc2)c2ccccc21.[Pt+4]. The first-order valence-electron chi connectivity index (χ1n) is 19.4. The summed E-state index contributed by atoms with van der Waals surface area (Å²) < 4.78 is 2.50. The van der Waals surface area contributed by atoms with E-state index < -0.39 is 5.41 Å². The quantitative estimate of drug-likeness (QED) is 0.164. The molecule has 3 aliphatic heterocycles. The molecule has 0 N–H and O–H groups in total. The van der Waals surface area contributed by atoms with E-state index in [0.717, 1.165) is 39.6 Å². The molecule has 8 aromatic rings. The minimum absolute atomic E-state index is 0. The van der Waals surface area contributed by atoms with Crippen LogP contribution in [-0.4, -0.2) is 18.7 Å². The second kappa shape index (κ2) is 12.9. The number of anilines is 6. The third-order valence-corrected chi connectivity index (χ3v) is 12.1. The molecule has 0 spiro atoms. The zero-order valence-electron chi connectivity index (χ0n) is 32.6. The van der Waals surface area contributed by atoms with Gasteiger partial charge in [-0.15, -0.1) is 34.6 Å². The van der Waals surface area contributed by atoms with Crippen molar-refractivity contribution in [3.63, 3.8) is 0 Å². The third kappa shape index (κ3) is 5.04. The molecule has 3 aliphatic rings. The molecule has 6 heteroatoms. The van der Waals surface area contributed by atoms with E-state index in [0.29, 0.717) is 0 Å². The van der Waals surface area contributed by atoms with Crippen LogP contribution in [0.3, 0.4) is 0 Å². The van der Waals surface area contributed by atoms with Crippen LogP contribution in [0.5, 0.6) is 0 Å². The van der Waals surface area contributed by atoms with Crippen LogP contribution in [-0.2, 0) is 31.9 Å². The Bertz CT molecular complexity index is 2870. The van der Waals surface area contributed by atoms with Crippen LogP contribution in [0.1, 0.15) is 48.6 Å². The van der Waals surface area contributed by atoms with Gasteiger partial charge in [-0.3, -0.25) is 0 Å². The largest absolute Gasteiger partial charge is 4.00 e. The molecule has 0 saturated carbocycles. The van der Waals surface area contributed by atoms with Crippen molar-refractivity contribution in [3.8, 4) is 5.69 Å². The van der Waals surface area contributed by atoms with E-state index in [9.17, 15) is 0 Å². The molecular formula is C51H41N5Pt. The number of benzene rings is 7. The smallest absolute Gasteiger partial charge is 0.504 e. The molecule has 5 nitrogen and oxygen atoms in total. The van der Waals surface area contributed by atoms with Crippen molar-refractivity contribution in [3.05, 3.63) is 199 Å². The van der Waals surface area contributed by atoms with Crippen molar-refractivity contribution in [2.75, 3.05) is 33.7 Å². The summed E-state index contributed by atoms with van der Waals surface area (Å²) in [5.41, 5.74) is 15.3. The van der Waals surface area contributed by atoms with Crippen molar-refractivity contribution in [1.82, 2.24) is 4.57 Å². The van der Waals surface area contributed by atoms with Crippen LogP contribution >= 0.6 is 0 Å². The molecule has 0 radical (unpaired) electrons. The number of aromatic nitrogens is 1. The van der Waals surface area contributed by atoms with Gasteiger partial charge in [-0.25, -0.2) is 0 Å². The average molecular weight is 919 g/mol. The van der Waals surface area contributed by atoms with Gasteiger partial charge in [0.05, 0.1) is 0 Å². The van der Waals surface area contributed by atoms with E-state index in [-0.39, 0.29) is 26.5 Å². The topological polar surface area (TPSA) is 17.9 Å². The molecule has 11 rings (SSSR count). The molecule has 0 saturated heterocycles. The van der Waals surface area contributed by atoms with E-state index in [1.807, 2.05) is 0 Å². The average Bonchev–Trinajstić information content (AvgIpc) is 3.87. The van der Waals surface area contributed by atoms with Gasteiger partial charge in [-0.05, 0) is 72.6 Å². The summed E-state index contributed by atoms with van der Waals surface area (Å²) in [7, 11) is 4.22. The summed E-state index contributed by atoms with van der Waals surface area (Å²) in [6.45, 7) is 11.2. The van der Waals surface area contributed by atoms with Gasteiger partial charge >= 0.3 is 21.1 Å². The van der Waals surface area contributed by atoms with E-state index in [1.54, 1.807) is 0 Å². The van der Waals surface area contributed by atoms with Crippen molar-refractivity contribution in [2.45, 2.75) is 31.6 Å². The Morgan fingerprint density at radius 3 is 1.82 bits per heavy atom. The summed E-state index contributed by atoms with van der Waals surface area (Å²) in [6.07, 6.45) is 0. The number of hydrogen-bond acceptors (Lipinski definition) is 4. The van der Waals surface area contributed by atoms with Crippen LogP contribution in [0.4, 0.5) is 34.1 Å². The minimum atomic E-state index is -0.768. The van der Waals surface area contributed by atoms with Crippen molar-refractivity contribution in [1.29, 1.82) is 0 Å². The van der Waals surface area contributed by atoms with Crippen LogP contribution in [0.2, 0.25) is 0 Å². The third-order valence-electron chi connectivity index (χ3n) is 12.1. The van der Waals surface area contributed by atoms with E-state index in [2.05, 4.69) is 230 Å². The molecule has 0 aliphatic carbocycles. The molecule has 1 unspecified atom stereocenters. The van der Waals surface area contributed by atoms with Gasteiger partial charge < -0.3 is 24.2 Å². The molecule has 4 heterocycles. The predicted octanol–water partition coefficient (Wildman–Crippen LogP) is 11.8. The molecule has 57 heavy (non-hydrogen) atoms. The number of fused-ring (bicyclic) bond motifs is 7. The van der Waals surface area contributed by atoms with Gasteiger partial charge in [-0.1, -0.05) is 105 Å². The maximum absolute atomic E-state index is 4.14. The fourth-order valence-corrected chi connectivity index (χ4v) is 9.46. The van der Waals surface area contributed by atoms with Gasteiger partial charge in [0, 0.05) is 50.0 Å². The summed E-state index contributed by atoms with van der Waals surface area (Å²) in [4.78, 5) is 8.91. The van der Waals surface area contributed by atoms with Gasteiger partial charge in [0.25, 0.3) is 0 Å². The molecule has 0 bridgehead atoms. The van der Waals surface area contributed by atoms with Gasteiger partial charge in [-0.2, -0.15) is 43.7 Å². The first-order chi connectivity index (χ1) is 27.2. The summed E-state index contributed by atoms with van der Waals surface area (Å²) >= 11 is 0. The minimum Gasteiger partial charge on any atom is -0.504 e. The Hall–Kier alpha value is -5.77. The van der Waals surface area contributed by atoms with Gasteiger partial charge in [0.2, 0.25) is 0 Å². The zero-order valence-corrected chi connectivity index (χ0v) is 34.8. The fourth-order valence-electron chi connectivity index (χ4n) is 9.46. The Morgan fingerprint density at radius 1 is 0.544 bits per heavy atom. The van der Waals surface area contributed by atoms with Crippen molar-refractivity contribution >= 4 is 55.9 Å². The van der Waals surface area contributed by atoms with Crippen LogP contribution in [0, 0.1) is 25.5 Å². The van der Waals surface area contributed by atoms with Crippen molar-refractivity contribution < 1.29 is 21.1 Å². The van der Waals surface area contributed by atoms with Crippen LogP contribution in [0.25, 0.3) is 27.5 Å². The number of hydrogen-bond donors (Lipinski definition) is 0. The first kappa shape index (κ1) is 35.6. The number of nitrogens with zero attached hydrogens (tertiary/aromatic N) is 5. The molecular weight excluding hydrogens is 878 g/mol. The van der Waals surface area contributed by atoms with Gasteiger partial charge in [0.1, 0.15) is 0 Å². The second-order valence-electron chi connectivity index (χ2n) is 16.4. The monoisotopic (exact) mass is 918 g/mol. The standard InChI is InChI=1S/C51H41N5.Pt/c1-50(2,3)35-25-27-43-40(30-35)39-19-14-20-41-49(39)56(43)44-28-26-38(55-33-53(5)46-22-10-12-24-48(46)55)31-42(44)51(41,34-15-7-6-8-16-34)36-17-13-18-37(29-36)54-32-52(4)45-21-9-11-23-47(45)54;/h6-28,30,32-33H,1-5H3;/q-4;+4. The van der Waals surface area contributed by atoms with Gasteiger partial charge in [0.15, 0.2) is 0 Å². The number of para-hydroxylation sites is 5. The Kier molecular flexibility index (Phi) is 8.05. The van der Waals surface area contributed by atoms with E-state index in [4.69, 9.17) is 0 Å². The Labute approximate surface area is 349 Å². The molecule has 7 aromatic carbocycles. The molecule has 0 fully saturated rings. The Morgan fingerprint density at radius 2 is 1.16 bits per heavy atom. The molecule has 280 valence electrons. The van der Waals surface area contributed by atoms with E-state index >= 15 is 0 Å². The Balaban J connectivity index is 0.00000396. The van der Waals surface area contributed by atoms with Crippen LogP contribution < -0.4 is 19.6 Å². The molecule has 0 amide bonds. The van der Waals surface area contributed by atoms with Crippen molar-refractivity contribution in [2.24, 2.45) is 0 Å². The summed E-state index contributed by atoms with van der Waals surface area (Å²) in [6, 6.07) is 61.5. The maximum atomic E-state index is 4.14. The zero-order chi connectivity index (χ0) is 37.9. The summed E-state index contributed by atoms with van der Waals surface area (Å²) in [5, 5.41) is 2.52. The predicted molar refractivity (Wildman–Crippen MR) is 232 cm³/mol. The maximum Gasteiger partial charge on any atom is 4.00 e. The second-order valence-corrected chi connectivity index (χ2v) is 16.4. The van der Waals surface area contributed by atoms with E-state index in [1.165, 1.54) is 49.9 Å². The fraction of sp³-hybridized carbons (Fsp3) is 0.137.